The van der Waals surface area contributed by atoms with Gasteiger partial charge in [-0.25, -0.2) is 0 Å². The van der Waals surface area contributed by atoms with E-state index in [0.717, 1.165) is 6.42 Å². The van der Waals surface area contributed by atoms with Crippen LogP contribution < -0.4 is 0 Å². The van der Waals surface area contributed by atoms with E-state index >= 15 is 0 Å². The van der Waals surface area contributed by atoms with Crippen molar-refractivity contribution in [2.24, 2.45) is 23.7 Å². The Morgan fingerprint density at radius 3 is 2.32 bits per heavy atom. The lowest BCUT2D eigenvalue weighted by Gasteiger charge is -2.55. The number of rotatable bonds is 4. The van der Waals surface area contributed by atoms with Crippen molar-refractivity contribution in [3.63, 3.8) is 0 Å². The second-order valence-corrected chi connectivity index (χ2v) is 21.2. The van der Waals surface area contributed by atoms with Crippen LogP contribution >= 0.6 is 0 Å². The predicted octanol–water partition coefficient (Wildman–Crippen LogP) is 5.12. The number of ether oxygens (including phenoxy) is 1. The molecule has 0 spiro atoms. The molecule has 0 aromatic rings. The molecule has 4 rings (SSSR count). The van der Waals surface area contributed by atoms with Gasteiger partial charge in [0.1, 0.15) is 11.7 Å². The molecule has 1 aliphatic heterocycles. The van der Waals surface area contributed by atoms with Gasteiger partial charge in [0.2, 0.25) is 0 Å². The molecule has 6 heteroatoms. The van der Waals surface area contributed by atoms with Gasteiger partial charge in [0.05, 0.1) is 12.5 Å². The summed E-state index contributed by atoms with van der Waals surface area (Å²) in [6.07, 6.45) is 7.21. The maximum Gasteiger partial charge on any atom is 0.309 e. The van der Waals surface area contributed by atoms with Gasteiger partial charge in [-0.15, -0.1) is 0 Å². The summed E-state index contributed by atoms with van der Waals surface area (Å²) in [4.78, 5) is 12.5. The number of hydrogen-bond donors (Lipinski definition) is 0. The molecule has 1 saturated heterocycles. The van der Waals surface area contributed by atoms with Gasteiger partial charge in [0, 0.05) is 12.3 Å². The van der Waals surface area contributed by atoms with E-state index in [4.69, 9.17) is 13.6 Å². The smallest absolute Gasteiger partial charge is 0.309 e. The summed E-state index contributed by atoms with van der Waals surface area (Å²) in [5.41, 5.74) is -0.441. The Bertz CT molecular complexity index is 690. The number of allylic oxidation sites excluding steroid dienone is 2. The number of esters is 1. The molecule has 1 heterocycles. The second-order valence-electron chi connectivity index (χ2n) is 12.0. The van der Waals surface area contributed by atoms with Crippen LogP contribution in [0.5, 0.6) is 0 Å². The van der Waals surface area contributed by atoms with Gasteiger partial charge in [0.15, 0.2) is 16.6 Å². The zero-order valence-corrected chi connectivity index (χ0v) is 20.9. The summed E-state index contributed by atoms with van der Waals surface area (Å²) >= 11 is 0. The fourth-order valence-electron chi connectivity index (χ4n) is 6.06. The van der Waals surface area contributed by atoms with Crippen LogP contribution in [0.2, 0.25) is 37.8 Å². The van der Waals surface area contributed by atoms with Gasteiger partial charge in [-0.1, -0.05) is 32.9 Å². The summed E-state index contributed by atoms with van der Waals surface area (Å²) in [5, 5.41) is 0.172. The average molecular weight is 423 g/mol. The van der Waals surface area contributed by atoms with Crippen LogP contribution in [0, 0.1) is 23.7 Å². The van der Waals surface area contributed by atoms with Crippen LogP contribution in [-0.4, -0.2) is 40.4 Å². The normalized spacial score (nSPS) is 42.5. The van der Waals surface area contributed by atoms with Crippen molar-refractivity contribution in [2.45, 2.75) is 95.6 Å². The van der Waals surface area contributed by atoms with Crippen LogP contribution in [-0.2, 0) is 18.4 Å². The van der Waals surface area contributed by atoms with E-state index in [1.165, 1.54) is 6.42 Å². The van der Waals surface area contributed by atoms with Gasteiger partial charge in [-0.2, -0.15) is 0 Å². The first-order valence-corrected chi connectivity index (χ1v) is 17.3. The lowest BCUT2D eigenvalue weighted by atomic mass is 9.62. The Morgan fingerprint density at radius 1 is 1.07 bits per heavy atom. The third kappa shape index (κ3) is 3.19. The minimum atomic E-state index is -1.91. The van der Waals surface area contributed by atoms with Crippen LogP contribution in [0.1, 0.15) is 40.0 Å². The Hall–Kier alpha value is -0.436. The molecule has 1 unspecified atom stereocenters. The van der Waals surface area contributed by atoms with E-state index in [0.29, 0.717) is 30.1 Å². The lowest BCUT2D eigenvalue weighted by Crippen LogP contribution is -2.63. The van der Waals surface area contributed by atoms with E-state index in [1.807, 2.05) is 0 Å². The molecule has 4 nitrogen and oxygen atoms in total. The molecular formula is C22H38O4Si2. The Morgan fingerprint density at radius 2 is 1.71 bits per heavy atom. The fourth-order valence-corrected chi connectivity index (χ4v) is 8.91. The standard InChI is InChI=1S/C22H38O4Si2/c1-21(2,3)28(7,8)25-16-12-17-22(13-18(23)24-17,26-27(4,5)6)20-15-10-9-14(11-15)19(16)20/h9-10,14-17,19-20H,11-13H2,1-8H3/t14-,15+,16?,17+,19+,20+,22-/m1/s1. The zero-order valence-electron chi connectivity index (χ0n) is 18.9. The van der Waals surface area contributed by atoms with Crippen LogP contribution in [0.4, 0.5) is 0 Å². The van der Waals surface area contributed by atoms with Gasteiger partial charge in [-0.05, 0) is 61.9 Å². The largest absolute Gasteiger partial charge is 0.459 e. The van der Waals surface area contributed by atoms with Crippen LogP contribution in [0.25, 0.3) is 0 Å². The minimum absolute atomic E-state index is 0.0817. The molecule has 0 amide bonds. The summed E-state index contributed by atoms with van der Waals surface area (Å²) in [7, 11) is -3.75. The maximum atomic E-state index is 12.5. The Kier molecular flexibility index (Phi) is 4.67. The summed E-state index contributed by atoms with van der Waals surface area (Å²) in [6, 6.07) is 0. The third-order valence-corrected chi connectivity index (χ3v) is 13.4. The van der Waals surface area contributed by atoms with Crippen LogP contribution in [0.15, 0.2) is 12.2 Å². The highest BCUT2D eigenvalue weighted by molar-refractivity contribution is 6.74. The third-order valence-electron chi connectivity index (χ3n) is 7.95. The number of carbonyl (C=O) groups excluding carboxylic acids is 1. The maximum absolute atomic E-state index is 12.5. The summed E-state index contributed by atoms with van der Waals surface area (Å²) in [6.45, 7) is 18.3. The van der Waals surface area contributed by atoms with E-state index in [1.54, 1.807) is 0 Å². The van der Waals surface area contributed by atoms with Crippen molar-refractivity contribution >= 4 is 22.6 Å². The first-order chi connectivity index (χ1) is 12.7. The van der Waals surface area contributed by atoms with E-state index in [-0.39, 0.29) is 23.2 Å². The van der Waals surface area contributed by atoms with Crippen molar-refractivity contribution in [3.8, 4) is 0 Å². The molecule has 0 aromatic heterocycles. The summed E-state index contributed by atoms with van der Waals surface area (Å²) in [5.74, 6) is 1.76. The molecule has 2 bridgehead atoms. The van der Waals surface area contributed by atoms with Crippen molar-refractivity contribution in [2.75, 3.05) is 0 Å². The van der Waals surface area contributed by atoms with E-state index < -0.39 is 22.2 Å². The molecule has 4 aliphatic rings. The SMILES string of the molecule is CC(C)(C)[Si](C)(C)OC1C[C@@H]2OC(=O)C[C@]2(O[Si](C)(C)C)[C@@H]2[C@H]1[C@@H]1C=C[C@H]2C1. The van der Waals surface area contributed by atoms with Crippen LogP contribution in [0.3, 0.4) is 0 Å². The molecule has 0 aromatic carbocycles. The second kappa shape index (κ2) is 6.28. The van der Waals surface area contributed by atoms with Crippen molar-refractivity contribution in [1.29, 1.82) is 0 Å². The highest BCUT2D eigenvalue weighted by Gasteiger charge is 2.68. The van der Waals surface area contributed by atoms with Gasteiger partial charge >= 0.3 is 5.97 Å². The summed E-state index contributed by atoms with van der Waals surface area (Å²) < 4.78 is 19.8. The van der Waals surface area contributed by atoms with Crippen molar-refractivity contribution < 1.29 is 18.4 Å². The Labute approximate surface area is 172 Å². The molecule has 3 fully saturated rings. The average Bonchev–Trinajstić information content (AvgIpc) is 3.16. The molecule has 0 radical (unpaired) electrons. The Balaban J connectivity index is 1.72. The molecule has 158 valence electrons. The van der Waals surface area contributed by atoms with E-state index in [2.05, 4.69) is 65.7 Å². The molecule has 3 aliphatic carbocycles. The van der Waals surface area contributed by atoms with E-state index in [9.17, 15) is 4.79 Å². The van der Waals surface area contributed by atoms with Gasteiger partial charge < -0.3 is 13.6 Å². The quantitative estimate of drug-likeness (QED) is 0.358. The number of carbonyl (C=O) groups is 1. The van der Waals surface area contributed by atoms with Crippen molar-refractivity contribution in [1.82, 2.24) is 0 Å². The lowest BCUT2D eigenvalue weighted by molar-refractivity contribution is -0.158. The first kappa shape index (κ1) is 20.8. The molecule has 0 N–H and O–H groups in total. The monoisotopic (exact) mass is 422 g/mol. The molecule has 2 saturated carbocycles. The first-order valence-electron chi connectivity index (χ1n) is 11.0. The molecule has 28 heavy (non-hydrogen) atoms. The predicted molar refractivity (Wildman–Crippen MR) is 116 cm³/mol. The zero-order chi connectivity index (χ0) is 20.7. The molecule has 7 atom stereocenters. The minimum Gasteiger partial charge on any atom is -0.459 e. The fraction of sp³-hybridized carbons (Fsp3) is 0.864. The molecular weight excluding hydrogens is 384 g/mol. The number of hydrogen-bond acceptors (Lipinski definition) is 4. The van der Waals surface area contributed by atoms with Crippen molar-refractivity contribution in [3.05, 3.63) is 12.2 Å². The topological polar surface area (TPSA) is 44.8 Å². The van der Waals surface area contributed by atoms with Gasteiger partial charge in [-0.3, -0.25) is 4.79 Å². The highest BCUT2D eigenvalue weighted by atomic mass is 28.4. The number of fused-ring (bicyclic) bond motifs is 7. The van der Waals surface area contributed by atoms with Gasteiger partial charge in [0.25, 0.3) is 0 Å². The highest BCUT2D eigenvalue weighted by Crippen LogP contribution is 2.63.